The number of hydrogen-bond donors (Lipinski definition) is 1. The van der Waals surface area contributed by atoms with Crippen LogP contribution in [0.3, 0.4) is 0 Å². The van der Waals surface area contributed by atoms with E-state index in [0.717, 1.165) is 20.3 Å². The first-order chi connectivity index (χ1) is 18.5. The zero-order valence-electron chi connectivity index (χ0n) is 19.8. The highest BCUT2D eigenvalue weighted by Gasteiger charge is 2.45. The Morgan fingerprint density at radius 1 is 1.00 bits per heavy atom. The summed E-state index contributed by atoms with van der Waals surface area (Å²) in [5, 5.41) is 13.6. The summed E-state index contributed by atoms with van der Waals surface area (Å²) in [6, 6.07) is 26.8. The molecule has 3 heterocycles. The molecule has 1 aliphatic heterocycles. The number of carbonyl (C=O) groups excluding carboxylic acids is 2. The SMILES string of the molecule is O=C(C1=C(O)C(=O)N(c2ccc(OCc3ccccc3)cc2)C1c1cccs1)c1cc2cc(Br)ccc2o1. The van der Waals surface area contributed by atoms with Crippen molar-refractivity contribution in [1.82, 2.24) is 0 Å². The highest BCUT2D eigenvalue weighted by molar-refractivity contribution is 9.10. The number of anilines is 1. The van der Waals surface area contributed by atoms with E-state index < -0.39 is 23.5 Å². The number of hydrogen-bond acceptors (Lipinski definition) is 6. The van der Waals surface area contributed by atoms with Crippen molar-refractivity contribution in [2.75, 3.05) is 4.90 Å². The van der Waals surface area contributed by atoms with E-state index in [1.165, 1.54) is 16.2 Å². The third kappa shape index (κ3) is 4.42. The lowest BCUT2D eigenvalue weighted by Gasteiger charge is -2.25. The molecule has 3 aromatic carbocycles. The van der Waals surface area contributed by atoms with Gasteiger partial charge in [-0.3, -0.25) is 14.5 Å². The lowest BCUT2D eigenvalue weighted by atomic mass is 10.00. The van der Waals surface area contributed by atoms with Crippen LogP contribution in [-0.4, -0.2) is 16.8 Å². The summed E-state index contributed by atoms with van der Waals surface area (Å²) >= 11 is 4.83. The Labute approximate surface area is 230 Å². The highest BCUT2D eigenvalue weighted by Crippen LogP contribution is 2.44. The summed E-state index contributed by atoms with van der Waals surface area (Å²) < 4.78 is 12.5. The van der Waals surface area contributed by atoms with Gasteiger partial charge < -0.3 is 14.3 Å². The molecule has 1 aliphatic rings. The minimum Gasteiger partial charge on any atom is -0.503 e. The second-order valence-corrected chi connectivity index (χ2v) is 10.6. The van der Waals surface area contributed by atoms with Crippen LogP contribution in [0.5, 0.6) is 5.75 Å². The minimum absolute atomic E-state index is 0.0139. The zero-order chi connectivity index (χ0) is 26.2. The molecule has 0 saturated heterocycles. The fourth-order valence-corrected chi connectivity index (χ4v) is 5.72. The number of thiophene rings is 1. The summed E-state index contributed by atoms with van der Waals surface area (Å²) in [5.74, 6) is -1.07. The quantitative estimate of drug-likeness (QED) is 0.199. The van der Waals surface area contributed by atoms with Crippen LogP contribution in [0.25, 0.3) is 11.0 Å². The maximum Gasteiger partial charge on any atom is 0.294 e. The van der Waals surface area contributed by atoms with Crippen LogP contribution in [0.1, 0.15) is 27.0 Å². The average Bonchev–Trinajstić information content (AvgIpc) is 3.67. The molecule has 0 saturated carbocycles. The Balaban J connectivity index is 1.32. The molecule has 1 unspecified atom stereocenters. The number of benzene rings is 3. The first kappa shape index (κ1) is 24.2. The molecule has 1 atom stereocenters. The van der Waals surface area contributed by atoms with Crippen LogP contribution in [0.15, 0.2) is 117 Å². The Bertz CT molecular complexity index is 1670. The molecule has 188 valence electrons. The van der Waals surface area contributed by atoms with Gasteiger partial charge in [0.2, 0.25) is 5.78 Å². The Morgan fingerprint density at radius 3 is 2.53 bits per heavy atom. The number of halogens is 1. The number of aliphatic hydroxyl groups is 1. The molecule has 0 bridgehead atoms. The van der Waals surface area contributed by atoms with Gasteiger partial charge in [-0.05, 0) is 65.5 Å². The van der Waals surface area contributed by atoms with E-state index in [2.05, 4.69) is 15.9 Å². The Morgan fingerprint density at radius 2 is 1.79 bits per heavy atom. The van der Waals surface area contributed by atoms with Crippen molar-refractivity contribution in [2.45, 2.75) is 12.6 Å². The van der Waals surface area contributed by atoms with Gasteiger partial charge in [0.25, 0.3) is 5.91 Å². The molecular weight excluding hydrogens is 566 g/mol. The van der Waals surface area contributed by atoms with Crippen LogP contribution in [0.2, 0.25) is 0 Å². The second-order valence-electron chi connectivity index (χ2n) is 8.75. The molecular formula is C30H20BrNO5S. The van der Waals surface area contributed by atoms with Crippen molar-refractivity contribution in [3.8, 4) is 5.75 Å². The molecule has 1 N–H and O–H groups in total. The number of nitrogens with zero attached hydrogens (tertiary/aromatic N) is 1. The number of furan rings is 1. The number of amides is 1. The van der Waals surface area contributed by atoms with Gasteiger partial charge in [0.05, 0.1) is 5.57 Å². The summed E-state index contributed by atoms with van der Waals surface area (Å²) in [5.41, 5.74) is 2.10. The van der Waals surface area contributed by atoms with Gasteiger partial charge in [-0.1, -0.05) is 52.3 Å². The third-order valence-corrected chi connectivity index (χ3v) is 7.75. The smallest absolute Gasteiger partial charge is 0.294 e. The summed E-state index contributed by atoms with van der Waals surface area (Å²) in [6.07, 6.45) is 0. The Hall–Kier alpha value is -4.14. The standard InChI is InChI=1S/C30H20BrNO5S/c31-20-8-13-23-19(15-20)16-24(37-23)28(33)26-27(25-7-4-14-38-25)32(30(35)29(26)34)21-9-11-22(12-10-21)36-17-18-5-2-1-3-6-18/h1-16,27,34H,17H2. The third-order valence-electron chi connectivity index (χ3n) is 6.33. The molecule has 8 heteroatoms. The molecule has 2 aromatic heterocycles. The first-order valence-corrected chi connectivity index (χ1v) is 13.5. The van der Waals surface area contributed by atoms with Crippen molar-refractivity contribution in [2.24, 2.45) is 0 Å². The molecule has 38 heavy (non-hydrogen) atoms. The molecule has 0 radical (unpaired) electrons. The first-order valence-electron chi connectivity index (χ1n) is 11.8. The number of ether oxygens (including phenoxy) is 1. The van der Waals surface area contributed by atoms with Crippen molar-refractivity contribution >= 4 is 55.6 Å². The van der Waals surface area contributed by atoms with Crippen molar-refractivity contribution in [3.63, 3.8) is 0 Å². The lowest BCUT2D eigenvalue weighted by Crippen LogP contribution is -2.30. The highest BCUT2D eigenvalue weighted by atomic mass is 79.9. The average molecular weight is 586 g/mol. The monoisotopic (exact) mass is 585 g/mol. The van der Waals surface area contributed by atoms with Gasteiger partial charge in [-0.15, -0.1) is 11.3 Å². The molecule has 1 amide bonds. The lowest BCUT2D eigenvalue weighted by molar-refractivity contribution is -0.117. The van der Waals surface area contributed by atoms with Crippen molar-refractivity contribution in [1.29, 1.82) is 0 Å². The van der Waals surface area contributed by atoms with E-state index in [1.54, 1.807) is 36.4 Å². The number of aliphatic hydroxyl groups excluding tert-OH is 1. The van der Waals surface area contributed by atoms with Crippen molar-refractivity contribution < 1.29 is 23.8 Å². The molecule has 6 nitrogen and oxygen atoms in total. The number of Topliss-reactive ketones (excluding diaryl/α,β-unsaturated/α-hetero) is 1. The number of carbonyl (C=O) groups is 2. The summed E-state index contributed by atoms with van der Waals surface area (Å²) in [7, 11) is 0. The normalized spacial score (nSPS) is 15.4. The summed E-state index contributed by atoms with van der Waals surface area (Å²) in [4.78, 5) is 29.3. The predicted molar refractivity (Wildman–Crippen MR) is 150 cm³/mol. The number of fused-ring (bicyclic) bond motifs is 1. The van der Waals surface area contributed by atoms with Crippen LogP contribution < -0.4 is 9.64 Å². The van der Waals surface area contributed by atoms with E-state index in [4.69, 9.17) is 9.15 Å². The zero-order valence-corrected chi connectivity index (χ0v) is 22.2. The predicted octanol–water partition coefficient (Wildman–Crippen LogP) is 7.62. The van der Waals surface area contributed by atoms with Gasteiger partial charge in [0.1, 0.15) is 24.0 Å². The second kappa shape index (κ2) is 9.96. The van der Waals surface area contributed by atoms with E-state index >= 15 is 0 Å². The molecule has 5 aromatic rings. The fourth-order valence-electron chi connectivity index (χ4n) is 4.52. The van der Waals surface area contributed by atoms with E-state index in [1.807, 2.05) is 60.0 Å². The van der Waals surface area contributed by atoms with E-state index in [0.29, 0.717) is 23.6 Å². The molecule has 0 aliphatic carbocycles. The Kier molecular flexibility index (Phi) is 6.35. The van der Waals surface area contributed by atoms with Crippen LogP contribution in [0, 0.1) is 0 Å². The topological polar surface area (TPSA) is 80.0 Å². The minimum atomic E-state index is -0.800. The number of rotatable bonds is 7. The molecule has 6 rings (SSSR count). The summed E-state index contributed by atoms with van der Waals surface area (Å²) in [6.45, 7) is 0.412. The van der Waals surface area contributed by atoms with Gasteiger partial charge in [-0.25, -0.2) is 0 Å². The fraction of sp³-hybridized carbons (Fsp3) is 0.0667. The van der Waals surface area contributed by atoms with Gasteiger partial charge >= 0.3 is 0 Å². The van der Waals surface area contributed by atoms with Crippen LogP contribution >= 0.6 is 27.3 Å². The molecule has 0 fully saturated rings. The van der Waals surface area contributed by atoms with Gasteiger partial charge in [-0.2, -0.15) is 0 Å². The van der Waals surface area contributed by atoms with Gasteiger partial charge in [0, 0.05) is 20.4 Å². The van der Waals surface area contributed by atoms with Crippen LogP contribution in [0.4, 0.5) is 5.69 Å². The maximum absolute atomic E-state index is 13.7. The van der Waals surface area contributed by atoms with E-state index in [9.17, 15) is 14.7 Å². The van der Waals surface area contributed by atoms with Crippen LogP contribution in [-0.2, 0) is 11.4 Å². The number of ketones is 1. The maximum atomic E-state index is 13.7. The van der Waals surface area contributed by atoms with Crippen molar-refractivity contribution in [3.05, 3.63) is 128 Å². The van der Waals surface area contributed by atoms with Gasteiger partial charge in [0.15, 0.2) is 11.5 Å². The van der Waals surface area contributed by atoms with E-state index in [-0.39, 0.29) is 11.3 Å². The molecule has 0 spiro atoms. The largest absolute Gasteiger partial charge is 0.503 e.